The van der Waals surface area contributed by atoms with E-state index < -0.39 is 0 Å². The Morgan fingerprint density at radius 3 is 1.28 bits per heavy atom. The molecule has 2 nitrogen and oxygen atoms in total. The molecule has 0 saturated carbocycles. The highest BCUT2D eigenvalue weighted by Gasteiger charge is 1.86. The molecule has 0 saturated heterocycles. The molecule has 0 radical (unpaired) electrons. The van der Waals surface area contributed by atoms with Gasteiger partial charge in [-0.3, -0.25) is 9.59 Å². The van der Waals surface area contributed by atoms with Gasteiger partial charge in [-0.15, -0.1) is 0 Å². The maximum Gasteiger partial charge on any atom is 0.142 e. The third-order valence-electron chi connectivity index (χ3n) is 2.12. The summed E-state index contributed by atoms with van der Waals surface area (Å²) in [6, 6.07) is 7.92. The largest absolute Gasteiger partial charge is 0.299 e. The molecule has 0 aliphatic heterocycles. The van der Waals surface area contributed by atoms with E-state index in [0.29, 0.717) is 0 Å². The molecule has 2 heteroatoms. The first kappa shape index (κ1) is 13.6. The highest BCUT2D eigenvalue weighted by molar-refractivity contribution is 5.67. The van der Waals surface area contributed by atoms with E-state index >= 15 is 0 Å². The zero-order valence-electron chi connectivity index (χ0n) is 9.90. The number of hydrogen-bond donors (Lipinski definition) is 0. The van der Waals surface area contributed by atoms with Crippen LogP contribution in [0.3, 0.4) is 0 Å². The molecular weight excluding hydrogens is 224 g/mol. The van der Waals surface area contributed by atoms with Crippen LogP contribution in [0.5, 0.6) is 0 Å². The molecule has 0 aromatic heterocycles. The number of aldehydes is 2. The normalized spacial score (nSPS) is 12.0. The second kappa shape index (κ2) is 8.65. The summed E-state index contributed by atoms with van der Waals surface area (Å²) >= 11 is 0. The van der Waals surface area contributed by atoms with Gasteiger partial charge in [-0.2, -0.15) is 0 Å². The van der Waals surface area contributed by atoms with Gasteiger partial charge in [0.25, 0.3) is 0 Å². The summed E-state index contributed by atoms with van der Waals surface area (Å²) in [5.74, 6) is 0. The average molecular weight is 238 g/mol. The molecule has 0 bridgehead atoms. The molecule has 0 atom stereocenters. The summed E-state index contributed by atoms with van der Waals surface area (Å²) in [6.45, 7) is 0. The van der Waals surface area contributed by atoms with E-state index in [1.807, 2.05) is 48.6 Å². The van der Waals surface area contributed by atoms with Gasteiger partial charge >= 0.3 is 0 Å². The lowest BCUT2D eigenvalue weighted by Gasteiger charge is -1.94. The van der Waals surface area contributed by atoms with E-state index in [4.69, 9.17) is 0 Å². The van der Waals surface area contributed by atoms with Gasteiger partial charge in [-0.1, -0.05) is 60.7 Å². The smallest absolute Gasteiger partial charge is 0.142 e. The van der Waals surface area contributed by atoms with Gasteiger partial charge in [0.2, 0.25) is 0 Å². The van der Waals surface area contributed by atoms with Crippen molar-refractivity contribution in [3.8, 4) is 0 Å². The maximum atomic E-state index is 10.1. The molecule has 0 fully saturated rings. The van der Waals surface area contributed by atoms with Crippen LogP contribution in [0.25, 0.3) is 12.2 Å². The van der Waals surface area contributed by atoms with E-state index in [0.717, 1.165) is 23.7 Å². The molecule has 90 valence electrons. The summed E-state index contributed by atoms with van der Waals surface area (Å²) in [4.78, 5) is 20.1. The number of hydrogen-bond acceptors (Lipinski definition) is 2. The summed E-state index contributed by atoms with van der Waals surface area (Å²) in [5, 5.41) is 0. The van der Waals surface area contributed by atoms with Gasteiger partial charge in [0.1, 0.15) is 12.6 Å². The van der Waals surface area contributed by atoms with E-state index in [1.54, 1.807) is 12.2 Å². The number of benzene rings is 1. The predicted molar refractivity (Wildman–Crippen MR) is 74.9 cm³/mol. The first-order chi connectivity index (χ1) is 8.86. The molecule has 1 aromatic rings. The highest BCUT2D eigenvalue weighted by atomic mass is 16.1. The van der Waals surface area contributed by atoms with Crippen LogP contribution in [0, 0.1) is 0 Å². The lowest BCUT2D eigenvalue weighted by molar-refractivity contribution is -0.104. The van der Waals surface area contributed by atoms with E-state index in [9.17, 15) is 9.59 Å². The monoisotopic (exact) mass is 238 g/mol. The van der Waals surface area contributed by atoms with Crippen LogP contribution in [-0.2, 0) is 9.59 Å². The van der Waals surface area contributed by atoms with Crippen LogP contribution < -0.4 is 0 Å². The third-order valence-corrected chi connectivity index (χ3v) is 2.12. The molecule has 1 rings (SSSR count). The molecule has 0 N–H and O–H groups in total. The summed E-state index contributed by atoms with van der Waals surface area (Å²) in [6.07, 6.45) is 15.2. The number of carbonyl (C=O) groups is 2. The lowest BCUT2D eigenvalue weighted by Crippen LogP contribution is -1.73. The molecule has 0 spiro atoms. The van der Waals surface area contributed by atoms with Crippen molar-refractivity contribution in [1.82, 2.24) is 0 Å². The van der Waals surface area contributed by atoms with Crippen molar-refractivity contribution in [3.05, 3.63) is 71.8 Å². The Balaban J connectivity index is 2.62. The van der Waals surface area contributed by atoms with Crippen LogP contribution in [0.4, 0.5) is 0 Å². The lowest BCUT2D eigenvalue weighted by atomic mass is 10.1. The fourth-order valence-electron chi connectivity index (χ4n) is 1.27. The van der Waals surface area contributed by atoms with Gasteiger partial charge in [0.05, 0.1) is 0 Å². The van der Waals surface area contributed by atoms with Crippen LogP contribution in [-0.4, -0.2) is 12.6 Å². The Morgan fingerprint density at radius 1 is 0.556 bits per heavy atom. The molecule has 1 aromatic carbocycles. The minimum atomic E-state index is 0.741. The zero-order chi connectivity index (χ0) is 13.1. The fourth-order valence-corrected chi connectivity index (χ4v) is 1.27. The number of carbonyl (C=O) groups excluding carboxylic acids is 2. The molecule has 18 heavy (non-hydrogen) atoms. The maximum absolute atomic E-state index is 10.1. The first-order valence-electron chi connectivity index (χ1n) is 5.54. The molecule has 0 heterocycles. The van der Waals surface area contributed by atoms with Crippen LogP contribution in [0.2, 0.25) is 0 Å². The summed E-state index contributed by atoms with van der Waals surface area (Å²) < 4.78 is 0. The molecular formula is C16H14O2. The van der Waals surface area contributed by atoms with Crippen molar-refractivity contribution in [3.63, 3.8) is 0 Å². The van der Waals surface area contributed by atoms with Crippen molar-refractivity contribution in [2.45, 2.75) is 0 Å². The minimum absolute atomic E-state index is 0.741. The topological polar surface area (TPSA) is 34.1 Å². The standard InChI is InChI=1S/C16H14O2/c17-13-5-1-3-7-15-9-11-16(12-10-15)8-4-2-6-14-18/h1-14H/b5-1+,6-2+,7-3+,8-4+. The molecule has 0 unspecified atom stereocenters. The van der Waals surface area contributed by atoms with Crippen LogP contribution in [0.1, 0.15) is 11.1 Å². The zero-order valence-corrected chi connectivity index (χ0v) is 9.90. The van der Waals surface area contributed by atoms with Crippen molar-refractivity contribution in [1.29, 1.82) is 0 Å². The second-order valence-electron chi connectivity index (χ2n) is 3.43. The van der Waals surface area contributed by atoms with Crippen molar-refractivity contribution >= 4 is 24.7 Å². The third kappa shape index (κ3) is 5.56. The summed E-state index contributed by atoms with van der Waals surface area (Å²) in [7, 11) is 0. The van der Waals surface area contributed by atoms with Crippen molar-refractivity contribution < 1.29 is 9.59 Å². The number of allylic oxidation sites excluding steroid dienone is 6. The van der Waals surface area contributed by atoms with Gasteiger partial charge in [-0.05, 0) is 23.3 Å². The fraction of sp³-hybridized carbons (Fsp3) is 0. The van der Waals surface area contributed by atoms with Gasteiger partial charge in [0, 0.05) is 0 Å². The van der Waals surface area contributed by atoms with Crippen molar-refractivity contribution in [2.75, 3.05) is 0 Å². The van der Waals surface area contributed by atoms with E-state index in [-0.39, 0.29) is 0 Å². The number of rotatable bonds is 6. The molecule has 0 amide bonds. The highest BCUT2D eigenvalue weighted by Crippen LogP contribution is 2.07. The van der Waals surface area contributed by atoms with Gasteiger partial charge in [-0.25, -0.2) is 0 Å². The van der Waals surface area contributed by atoms with Crippen LogP contribution >= 0.6 is 0 Å². The Hall–Kier alpha value is -2.48. The quantitative estimate of drug-likeness (QED) is 0.433. The molecule has 0 aliphatic rings. The van der Waals surface area contributed by atoms with Crippen LogP contribution in [0.15, 0.2) is 60.7 Å². The Morgan fingerprint density at radius 2 is 0.944 bits per heavy atom. The average Bonchev–Trinajstić information content (AvgIpc) is 2.41. The van der Waals surface area contributed by atoms with E-state index in [2.05, 4.69) is 0 Å². The second-order valence-corrected chi connectivity index (χ2v) is 3.43. The Labute approximate surface area is 107 Å². The summed E-state index contributed by atoms with van der Waals surface area (Å²) in [5.41, 5.74) is 2.12. The predicted octanol–water partition coefficient (Wildman–Crippen LogP) is 3.22. The Bertz CT molecular complexity index is 441. The first-order valence-corrected chi connectivity index (χ1v) is 5.54. The van der Waals surface area contributed by atoms with Gasteiger partial charge in [0.15, 0.2) is 0 Å². The van der Waals surface area contributed by atoms with E-state index in [1.165, 1.54) is 12.2 Å². The molecule has 0 aliphatic carbocycles. The van der Waals surface area contributed by atoms with Crippen molar-refractivity contribution in [2.24, 2.45) is 0 Å². The SMILES string of the molecule is O=C/C=C/C=C/c1ccc(/C=C/C=C/C=O)cc1. The minimum Gasteiger partial charge on any atom is -0.299 e. The van der Waals surface area contributed by atoms with Gasteiger partial charge < -0.3 is 0 Å². The Kier molecular flexibility index (Phi) is 6.53.